The lowest BCUT2D eigenvalue weighted by atomic mass is 9.95. The van der Waals surface area contributed by atoms with E-state index >= 15 is 0 Å². The zero-order valence-electron chi connectivity index (χ0n) is 47.3. The number of imidazole rings is 1. The molecule has 0 radical (unpaired) electrons. The molecule has 0 bridgehead atoms. The Labute approximate surface area is 513 Å². The van der Waals surface area contributed by atoms with E-state index in [4.69, 9.17) is 55.9 Å². The standard InChI is InChI=1S/C26H28ClNO.C21H27N5O4S.C18H15Cl3N2O/c1-3-28(4-2)19-20-29-24-17-15-22(16-18-24)25(21-11-7-5-8-12-21)26(27)23-13-9-6-10-14-23;1-15-13-24-19(14-23-15)20(27)22-12-11-16-7-9-18(10-8-16)31(29,30)26-21(28)25-17-5-3-2-4-6-17;19-14-3-1-13(2-4-14)11-24-18(10-23-8-7-22-12-23)16-6-5-15(20)9-17(16)21/h5-18H,3-4,19-20H2,1-2H3;7-10,13-14,17H,2-6,11-12H2,1H3,(H,22,27)(H2,25,26,28);1-9,12,18H,10-11H2/b26-25+;;. The summed E-state index contributed by atoms with van der Waals surface area (Å²) in [6.07, 6.45) is 13.6. The molecular weight excluding hydrogens is 1160 g/mol. The summed E-state index contributed by atoms with van der Waals surface area (Å²) in [5.74, 6) is 0.559. The minimum Gasteiger partial charge on any atom is -0.492 e. The number of urea groups is 1. The highest BCUT2D eigenvalue weighted by molar-refractivity contribution is 7.90. The summed E-state index contributed by atoms with van der Waals surface area (Å²) in [5, 5.41) is 8.12. The molecule has 1 aliphatic rings. The molecule has 8 aromatic rings. The zero-order chi connectivity index (χ0) is 59.7. The summed E-state index contributed by atoms with van der Waals surface area (Å²) in [5.41, 5.74) is 7.94. The summed E-state index contributed by atoms with van der Waals surface area (Å²) in [6.45, 7) is 11.3. The first-order chi connectivity index (χ1) is 40.7. The van der Waals surface area contributed by atoms with Crippen LogP contribution in [0.1, 0.15) is 102 Å². The van der Waals surface area contributed by atoms with E-state index < -0.39 is 16.1 Å². The van der Waals surface area contributed by atoms with Crippen molar-refractivity contribution in [1.82, 2.24) is 39.8 Å². The summed E-state index contributed by atoms with van der Waals surface area (Å²) < 4.78 is 41.0. The van der Waals surface area contributed by atoms with Gasteiger partial charge in [-0.1, -0.05) is 183 Å². The number of carbonyl (C=O) groups excluding carboxylic acids is 2. The molecule has 0 saturated heterocycles. The number of aryl methyl sites for hydroxylation is 1. The Morgan fingerprint density at radius 3 is 2.01 bits per heavy atom. The largest absolute Gasteiger partial charge is 0.492 e. The molecule has 19 heteroatoms. The van der Waals surface area contributed by atoms with E-state index in [1.807, 2.05) is 108 Å². The second kappa shape index (κ2) is 33.4. The van der Waals surface area contributed by atoms with Gasteiger partial charge in [0.25, 0.3) is 15.9 Å². The van der Waals surface area contributed by atoms with Crippen LogP contribution in [-0.4, -0.2) is 83.6 Å². The fourth-order valence-corrected chi connectivity index (χ4v) is 11.0. The molecule has 6 aromatic carbocycles. The molecule has 1 aliphatic carbocycles. The molecule has 9 rings (SSSR count). The molecule has 1 unspecified atom stereocenters. The number of aromatic nitrogens is 4. The van der Waals surface area contributed by atoms with Gasteiger partial charge in [-0.2, -0.15) is 0 Å². The van der Waals surface area contributed by atoms with Crippen LogP contribution in [0.5, 0.6) is 5.75 Å². The summed E-state index contributed by atoms with van der Waals surface area (Å²) in [7, 11) is -3.95. The van der Waals surface area contributed by atoms with Gasteiger partial charge in [0.05, 0.1) is 41.3 Å². The molecule has 1 saturated carbocycles. The fourth-order valence-electron chi connectivity index (χ4n) is 9.07. The second-order valence-corrected chi connectivity index (χ2v) is 23.1. The Morgan fingerprint density at radius 1 is 0.750 bits per heavy atom. The van der Waals surface area contributed by atoms with E-state index in [0.29, 0.717) is 47.8 Å². The zero-order valence-corrected chi connectivity index (χ0v) is 51.1. The van der Waals surface area contributed by atoms with Crippen molar-refractivity contribution in [3.8, 4) is 5.75 Å². The number of hydrogen-bond donors (Lipinski definition) is 3. The third kappa shape index (κ3) is 20.6. The van der Waals surface area contributed by atoms with Crippen molar-refractivity contribution in [2.24, 2.45) is 0 Å². The van der Waals surface area contributed by atoms with E-state index in [2.05, 4.69) is 73.3 Å². The first-order valence-electron chi connectivity index (χ1n) is 27.9. The van der Waals surface area contributed by atoms with Gasteiger partial charge in [-0.3, -0.25) is 9.78 Å². The SMILES string of the molecule is CCN(CC)CCOc1ccc(/C(=C(/Cl)c2ccccc2)c2ccccc2)cc1.Cc1cnc(C(=O)NCCc2ccc(S(=O)(=O)NC(=O)NC3CCCCC3)cc2)cn1.Clc1ccc(COC(Cn2ccnc2)c2ccc(Cl)cc2Cl)cc1. The quantitative estimate of drug-likeness (QED) is 0.0555. The molecule has 84 heavy (non-hydrogen) atoms. The van der Waals surface area contributed by atoms with Gasteiger partial charge in [0.2, 0.25) is 0 Å². The fraction of sp³-hybridized carbons (Fsp3) is 0.277. The highest BCUT2D eigenvalue weighted by Gasteiger charge is 2.22. The highest BCUT2D eigenvalue weighted by atomic mass is 35.5. The summed E-state index contributed by atoms with van der Waals surface area (Å²) in [4.78, 5) is 38.6. The van der Waals surface area contributed by atoms with Crippen molar-refractivity contribution in [2.45, 2.75) is 89.5 Å². The summed E-state index contributed by atoms with van der Waals surface area (Å²) in [6, 6.07) is 47.1. The maximum Gasteiger partial charge on any atom is 0.328 e. The van der Waals surface area contributed by atoms with Crippen LogP contribution in [0.2, 0.25) is 15.1 Å². The number of sulfonamides is 1. The lowest BCUT2D eigenvalue weighted by Crippen LogP contribution is -2.45. The van der Waals surface area contributed by atoms with Gasteiger partial charge in [0.15, 0.2) is 0 Å². The minimum absolute atomic E-state index is 0.00834. The average molecular weight is 1230 g/mol. The van der Waals surface area contributed by atoms with Crippen LogP contribution in [-0.2, 0) is 34.3 Å². The topological polar surface area (TPSA) is 170 Å². The van der Waals surface area contributed by atoms with Gasteiger partial charge in [0.1, 0.15) is 24.2 Å². The maximum atomic E-state index is 12.4. The van der Waals surface area contributed by atoms with Gasteiger partial charge in [-0.25, -0.2) is 27.9 Å². The monoisotopic (exact) mass is 1230 g/mol. The molecule has 14 nitrogen and oxygen atoms in total. The predicted molar refractivity (Wildman–Crippen MR) is 337 cm³/mol. The average Bonchev–Trinajstić information content (AvgIpc) is 3.73. The van der Waals surface area contributed by atoms with Gasteiger partial charge in [-0.05, 0) is 116 Å². The van der Waals surface area contributed by atoms with Crippen LogP contribution in [0.4, 0.5) is 4.79 Å². The number of likely N-dealkylation sites (N-methyl/N-ethyl adjacent to an activating group) is 1. The number of halogens is 4. The van der Waals surface area contributed by atoms with Crippen molar-refractivity contribution < 1.29 is 27.5 Å². The normalized spacial score (nSPS) is 13.0. The molecule has 3 amide bonds. The van der Waals surface area contributed by atoms with E-state index in [9.17, 15) is 18.0 Å². The number of nitrogens with zero attached hydrogens (tertiary/aromatic N) is 5. The van der Waals surface area contributed by atoms with Crippen LogP contribution in [0.3, 0.4) is 0 Å². The Balaban J connectivity index is 0.000000182. The van der Waals surface area contributed by atoms with Crippen LogP contribution >= 0.6 is 46.4 Å². The van der Waals surface area contributed by atoms with Gasteiger partial charge in [-0.15, -0.1) is 0 Å². The molecule has 3 N–H and O–H groups in total. The number of benzene rings is 6. The predicted octanol–water partition coefficient (Wildman–Crippen LogP) is 14.4. The van der Waals surface area contributed by atoms with Gasteiger partial charge in [0, 0.05) is 63.9 Å². The van der Waals surface area contributed by atoms with Crippen LogP contribution < -0.4 is 20.1 Å². The molecule has 0 aliphatic heterocycles. The Kier molecular flexibility index (Phi) is 25.7. The van der Waals surface area contributed by atoms with Gasteiger partial charge >= 0.3 is 6.03 Å². The van der Waals surface area contributed by atoms with Crippen LogP contribution in [0.25, 0.3) is 10.6 Å². The molecule has 2 aromatic heterocycles. The smallest absolute Gasteiger partial charge is 0.328 e. The summed E-state index contributed by atoms with van der Waals surface area (Å²) >= 11 is 25.2. The first kappa shape index (κ1) is 64.5. The molecule has 440 valence electrons. The van der Waals surface area contributed by atoms with E-state index in [0.717, 1.165) is 107 Å². The maximum absolute atomic E-state index is 12.4. The number of hydrogen-bond acceptors (Lipinski definition) is 10. The van der Waals surface area contributed by atoms with Crippen molar-refractivity contribution in [3.63, 3.8) is 0 Å². The number of carbonyl (C=O) groups is 2. The third-order valence-electron chi connectivity index (χ3n) is 13.7. The molecule has 0 spiro atoms. The third-order valence-corrected chi connectivity index (χ3v) is 16.3. The number of ether oxygens (including phenoxy) is 2. The van der Waals surface area contributed by atoms with Crippen molar-refractivity contribution >= 4 is 79.0 Å². The van der Waals surface area contributed by atoms with Crippen LogP contribution in [0.15, 0.2) is 188 Å². The Hall–Kier alpha value is -7.08. The van der Waals surface area contributed by atoms with Crippen molar-refractivity contribution in [2.75, 3.05) is 32.8 Å². The Bertz CT molecular complexity index is 3430. The van der Waals surface area contributed by atoms with E-state index in [-0.39, 0.29) is 28.6 Å². The Morgan fingerprint density at radius 2 is 1.39 bits per heavy atom. The number of rotatable bonds is 22. The van der Waals surface area contributed by atoms with Crippen LogP contribution in [0, 0.1) is 6.92 Å². The minimum atomic E-state index is -3.95. The number of amides is 3. The van der Waals surface area contributed by atoms with Crippen molar-refractivity contribution in [1.29, 1.82) is 0 Å². The second-order valence-electron chi connectivity index (χ2n) is 19.8. The lowest BCUT2D eigenvalue weighted by Gasteiger charge is -2.22. The number of nitrogens with one attached hydrogen (secondary N) is 3. The van der Waals surface area contributed by atoms with Gasteiger partial charge < -0.3 is 29.6 Å². The van der Waals surface area contributed by atoms with E-state index in [1.54, 1.807) is 37.6 Å². The molecular formula is C65H70Cl4N8O6S. The van der Waals surface area contributed by atoms with E-state index in [1.165, 1.54) is 24.5 Å². The van der Waals surface area contributed by atoms with Crippen molar-refractivity contribution in [3.05, 3.63) is 243 Å². The molecule has 1 atom stereocenters. The highest BCUT2D eigenvalue weighted by Crippen LogP contribution is 2.36. The molecule has 1 fully saturated rings. The lowest BCUT2D eigenvalue weighted by molar-refractivity contribution is 0.0280. The first-order valence-corrected chi connectivity index (χ1v) is 30.9. The molecule has 2 heterocycles.